The average Bonchev–Trinajstić information content (AvgIpc) is 2.62. The van der Waals surface area contributed by atoms with Crippen molar-refractivity contribution < 1.29 is 0 Å². The van der Waals surface area contributed by atoms with E-state index in [1.807, 2.05) is 18.3 Å². The Bertz CT molecular complexity index is 909. The highest BCUT2D eigenvalue weighted by atomic mass is 15.0. The fraction of sp³-hybridized carbons (Fsp3) is 0.211. The van der Waals surface area contributed by atoms with E-state index < -0.39 is 0 Å². The van der Waals surface area contributed by atoms with Crippen molar-refractivity contribution >= 4 is 49.6 Å². The van der Waals surface area contributed by atoms with Gasteiger partial charge in [0, 0.05) is 25.2 Å². The van der Waals surface area contributed by atoms with Gasteiger partial charge in [0.15, 0.2) is 0 Å². The Hall–Kier alpha value is -2.62. The van der Waals surface area contributed by atoms with E-state index in [1.165, 1.54) is 16.5 Å². The topological polar surface area (TPSA) is 50.2 Å². The molecule has 0 aliphatic heterocycles. The van der Waals surface area contributed by atoms with Crippen molar-refractivity contribution in [1.82, 2.24) is 9.97 Å². The van der Waals surface area contributed by atoms with Crippen LogP contribution in [0, 0.1) is 0 Å². The number of rotatable bonds is 6. The van der Waals surface area contributed by atoms with Crippen LogP contribution >= 0.6 is 0 Å². The first-order valence-corrected chi connectivity index (χ1v) is 8.64. The molecular weight excluding hydrogens is 306 g/mol. The van der Waals surface area contributed by atoms with Gasteiger partial charge in [0.05, 0.1) is 5.52 Å². The lowest BCUT2D eigenvalue weighted by Gasteiger charge is -2.09. The number of anilines is 1. The minimum Gasteiger partial charge on any atom is -0.369 e. The monoisotopic (exact) mass is 328 g/mol. The Kier molecular flexibility index (Phi) is 5.49. The first-order valence-electron chi connectivity index (χ1n) is 8.64. The van der Waals surface area contributed by atoms with Crippen LogP contribution < -0.4 is 16.2 Å². The molecule has 0 fully saturated rings. The van der Waals surface area contributed by atoms with Gasteiger partial charge in [-0.3, -0.25) is 4.99 Å². The highest BCUT2D eigenvalue weighted by Crippen LogP contribution is 2.20. The molecule has 3 aromatic rings. The van der Waals surface area contributed by atoms with E-state index in [4.69, 9.17) is 0 Å². The second-order valence-electron chi connectivity index (χ2n) is 6.34. The zero-order valence-corrected chi connectivity index (χ0v) is 15.1. The van der Waals surface area contributed by atoms with Crippen LogP contribution in [0.3, 0.4) is 0 Å². The molecule has 124 valence electrons. The van der Waals surface area contributed by atoms with Crippen molar-refractivity contribution in [1.29, 1.82) is 0 Å². The van der Waals surface area contributed by atoms with Crippen LogP contribution in [0.15, 0.2) is 47.7 Å². The summed E-state index contributed by atoms with van der Waals surface area (Å²) in [5, 5.41) is 4.49. The molecule has 0 unspecified atom stereocenters. The lowest BCUT2D eigenvalue weighted by atomic mass is 9.79. The minimum absolute atomic E-state index is 0.880. The molecule has 1 N–H and O–H groups in total. The van der Waals surface area contributed by atoms with Gasteiger partial charge >= 0.3 is 0 Å². The third-order valence-corrected chi connectivity index (χ3v) is 4.44. The molecule has 0 amide bonds. The van der Waals surface area contributed by atoms with Crippen LogP contribution in [0.1, 0.15) is 17.5 Å². The van der Waals surface area contributed by atoms with E-state index in [0.717, 1.165) is 41.7 Å². The first-order chi connectivity index (χ1) is 12.2. The smallest absolute Gasteiger partial charge is 0.138 e. The Balaban J connectivity index is 1.66. The molecule has 0 bridgehead atoms. The second-order valence-corrected chi connectivity index (χ2v) is 6.34. The number of nitrogens with zero attached hydrogens (tertiary/aromatic N) is 3. The largest absolute Gasteiger partial charge is 0.369 e. The zero-order valence-electron chi connectivity index (χ0n) is 15.1. The SMILES string of the molecule is Bc1ccc(CCCNc2ncnc3ccc(C=NC)cc23)cc1B. The number of aliphatic imine (C=N–C) groups is 1. The highest BCUT2D eigenvalue weighted by Gasteiger charge is 2.04. The molecule has 0 aliphatic carbocycles. The predicted molar refractivity (Wildman–Crippen MR) is 113 cm³/mol. The summed E-state index contributed by atoms with van der Waals surface area (Å²) < 4.78 is 0. The van der Waals surface area contributed by atoms with Gasteiger partial charge in [-0.25, -0.2) is 9.97 Å². The Morgan fingerprint density at radius 1 is 1.08 bits per heavy atom. The summed E-state index contributed by atoms with van der Waals surface area (Å²) in [6.45, 7) is 0.880. The molecule has 0 radical (unpaired) electrons. The molecule has 0 saturated carbocycles. The fourth-order valence-corrected chi connectivity index (χ4v) is 2.90. The van der Waals surface area contributed by atoms with Gasteiger partial charge in [0.2, 0.25) is 0 Å². The van der Waals surface area contributed by atoms with Crippen molar-refractivity contribution in [2.24, 2.45) is 4.99 Å². The van der Waals surface area contributed by atoms with Crippen molar-refractivity contribution in [3.05, 3.63) is 53.9 Å². The number of nitrogens with one attached hydrogen (secondary N) is 1. The number of aryl methyl sites for hydroxylation is 1. The lowest BCUT2D eigenvalue weighted by Crippen LogP contribution is -2.25. The number of hydrogen-bond acceptors (Lipinski definition) is 4. The molecule has 0 spiro atoms. The van der Waals surface area contributed by atoms with Crippen molar-refractivity contribution in [3.63, 3.8) is 0 Å². The summed E-state index contributed by atoms with van der Waals surface area (Å²) in [5.74, 6) is 0.886. The lowest BCUT2D eigenvalue weighted by molar-refractivity contribution is 0.860. The molecule has 3 rings (SSSR count). The van der Waals surface area contributed by atoms with Gasteiger partial charge in [0.1, 0.15) is 27.8 Å². The normalized spacial score (nSPS) is 11.2. The van der Waals surface area contributed by atoms with Gasteiger partial charge < -0.3 is 5.32 Å². The quantitative estimate of drug-likeness (QED) is 0.401. The molecule has 1 aromatic heterocycles. The number of benzene rings is 2. The van der Waals surface area contributed by atoms with E-state index in [0.29, 0.717) is 0 Å². The molecular formula is C19H22B2N4. The van der Waals surface area contributed by atoms with Gasteiger partial charge in [-0.1, -0.05) is 35.2 Å². The maximum atomic E-state index is 4.41. The standard InChI is InChI=1S/C19H22B2N4/c1-22-11-14-5-7-18-15(9-14)19(25-12-24-18)23-8-2-3-13-4-6-16(20)17(21)10-13/h4-7,9-12H,2-3,8,20-21H2,1H3,(H,23,24,25). The summed E-state index contributed by atoms with van der Waals surface area (Å²) in [6.07, 6.45) is 5.58. The Labute approximate surface area is 150 Å². The second kappa shape index (κ2) is 7.97. The van der Waals surface area contributed by atoms with Gasteiger partial charge in [-0.2, -0.15) is 0 Å². The molecule has 0 aliphatic rings. The third-order valence-electron chi connectivity index (χ3n) is 4.44. The van der Waals surface area contributed by atoms with Gasteiger partial charge in [-0.15, -0.1) is 0 Å². The number of fused-ring (bicyclic) bond motifs is 1. The predicted octanol–water partition coefficient (Wildman–Crippen LogP) is 0.240. The average molecular weight is 328 g/mol. The van der Waals surface area contributed by atoms with Crippen LogP contribution in [-0.2, 0) is 6.42 Å². The van der Waals surface area contributed by atoms with Crippen LogP contribution in [0.5, 0.6) is 0 Å². The molecule has 6 heteroatoms. The molecule has 1 heterocycles. The first kappa shape index (κ1) is 17.2. The van der Waals surface area contributed by atoms with E-state index >= 15 is 0 Å². The molecule has 4 nitrogen and oxygen atoms in total. The van der Waals surface area contributed by atoms with Crippen LogP contribution in [0.2, 0.25) is 0 Å². The number of aromatic nitrogens is 2. The van der Waals surface area contributed by atoms with Crippen LogP contribution in [0.4, 0.5) is 5.82 Å². The van der Waals surface area contributed by atoms with Crippen LogP contribution in [0.25, 0.3) is 10.9 Å². The van der Waals surface area contributed by atoms with Gasteiger partial charge in [0.25, 0.3) is 0 Å². The Morgan fingerprint density at radius 2 is 1.96 bits per heavy atom. The van der Waals surface area contributed by atoms with Crippen LogP contribution in [-0.4, -0.2) is 45.5 Å². The molecule has 0 atom stereocenters. The fourth-order valence-electron chi connectivity index (χ4n) is 2.90. The summed E-state index contributed by atoms with van der Waals surface area (Å²) in [4.78, 5) is 12.8. The van der Waals surface area contributed by atoms with Crippen molar-refractivity contribution in [3.8, 4) is 0 Å². The van der Waals surface area contributed by atoms with Crippen molar-refractivity contribution in [2.45, 2.75) is 12.8 Å². The minimum atomic E-state index is 0.880. The maximum Gasteiger partial charge on any atom is 0.138 e. The van der Waals surface area contributed by atoms with Gasteiger partial charge in [-0.05, 0) is 36.1 Å². The third kappa shape index (κ3) is 4.27. The highest BCUT2D eigenvalue weighted by molar-refractivity contribution is 6.48. The van der Waals surface area contributed by atoms with E-state index in [9.17, 15) is 0 Å². The maximum absolute atomic E-state index is 4.41. The zero-order chi connectivity index (χ0) is 17.6. The summed E-state index contributed by atoms with van der Waals surface area (Å²) in [6, 6.07) is 12.8. The molecule has 0 saturated heterocycles. The van der Waals surface area contributed by atoms with Crippen molar-refractivity contribution in [2.75, 3.05) is 18.9 Å². The van der Waals surface area contributed by atoms with E-state index in [1.54, 1.807) is 13.4 Å². The summed E-state index contributed by atoms with van der Waals surface area (Å²) in [7, 11) is 6.09. The number of hydrogen-bond donors (Lipinski definition) is 1. The van der Waals surface area contributed by atoms with E-state index in [-0.39, 0.29) is 0 Å². The molecule has 25 heavy (non-hydrogen) atoms. The molecule has 2 aromatic carbocycles. The summed E-state index contributed by atoms with van der Waals surface area (Å²) in [5.41, 5.74) is 6.10. The summed E-state index contributed by atoms with van der Waals surface area (Å²) >= 11 is 0. The Morgan fingerprint density at radius 3 is 2.76 bits per heavy atom. The van der Waals surface area contributed by atoms with E-state index in [2.05, 4.69) is 60.2 Å².